The summed E-state index contributed by atoms with van der Waals surface area (Å²) in [5.41, 5.74) is 2.12. The van der Waals surface area contributed by atoms with Crippen molar-refractivity contribution in [2.24, 2.45) is 5.92 Å². The van der Waals surface area contributed by atoms with Crippen LogP contribution in [0, 0.1) is 12.8 Å². The lowest BCUT2D eigenvalue weighted by Crippen LogP contribution is -2.38. The Labute approximate surface area is 133 Å². The summed E-state index contributed by atoms with van der Waals surface area (Å²) in [6.07, 6.45) is 2.55. The van der Waals surface area contributed by atoms with Crippen molar-refractivity contribution in [1.29, 1.82) is 0 Å². The van der Waals surface area contributed by atoms with Crippen molar-refractivity contribution in [2.45, 2.75) is 59.7 Å². The number of halogens is 1. The Balaban J connectivity index is 1.86. The summed E-state index contributed by atoms with van der Waals surface area (Å²) in [6.45, 7) is 13.8. The van der Waals surface area contributed by atoms with Gasteiger partial charge in [0, 0.05) is 19.1 Å². The van der Waals surface area contributed by atoms with E-state index in [0.717, 1.165) is 49.4 Å². The van der Waals surface area contributed by atoms with Gasteiger partial charge in [0.15, 0.2) is 0 Å². The Bertz CT molecular complexity index is 447. The Morgan fingerprint density at radius 2 is 2.00 bits per heavy atom. The van der Waals surface area contributed by atoms with Crippen LogP contribution in [0.2, 0.25) is 5.02 Å². The molecule has 1 aliphatic rings. The molecule has 2 rings (SSSR count). The molecule has 1 fully saturated rings. The number of likely N-dealkylation sites (tertiary alicyclic amines) is 1. The van der Waals surface area contributed by atoms with Gasteiger partial charge in [0.05, 0.1) is 16.4 Å². The van der Waals surface area contributed by atoms with Crippen LogP contribution in [-0.4, -0.2) is 40.4 Å². The summed E-state index contributed by atoms with van der Waals surface area (Å²) >= 11 is 6.41. The van der Waals surface area contributed by atoms with E-state index in [1.807, 2.05) is 11.6 Å². The highest BCUT2D eigenvalue weighted by atomic mass is 35.5. The van der Waals surface area contributed by atoms with E-state index in [-0.39, 0.29) is 0 Å². The van der Waals surface area contributed by atoms with Crippen molar-refractivity contribution in [2.75, 3.05) is 19.6 Å². The molecule has 120 valence electrons. The van der Waals surface area contributed by atoms with Gasteiger partial charge in [0.1, 0.15) is 0 Å². The van der Waals surface area contributed by atoms with E-state index in [4.69, 9.17) is 11.6 Å². The fraction of sp³-hybridized carbons (Fsp3) is 0.812. The highest BCUT2D eigenvalue weighted by Gasteiger charge is 2.22. The number of nitrogens with zero attached hydrogens (tertiary/aromatic N) is 3. The van der Waals surface area contributed by atoms with E-state index in [9.17, 15) is 0 Å². The Morgan fingerprint density at radius 3 is 2.57 bits per heavy atom. The smallest absolute Gasteiger partial charge is 0.0860 e. The molecule has 1 aliphatic heterocycles. The predicted molar refractivity (Wildman–Crippen MR) is 88.8 cm³/mol. The SMILES string of the molecule is CCn1nc(C)c(Cl)c1CN1CCC(CNC(C)C)CC1. The number of hydrogen-bond acceptors (Lipinski definition) is 3. The first kappa shape index (κ1) is 16.8. The van der Waals surface area contributed by atoms with Gasteiger partial charge < -0.3 is 5.32 Å². The first-order valence-corrected chi connectivity index (χ1v) is 8.56. The average molecular weight is 313 g/mol. The van der Waals surface area contributed by atoms with E-state index in [0.29, 0.717) is 6.04 Å². The minimum absolute atomic E-state index is 0.587. The quantitative estimate of drug-likeness (QED) is 0.876. The molecule has 0 radical (unpaired) electrons. The molecule has 1 aromatic rings. The molecule has 0 aromatic carbocycles. The first-order chi connectivity index (χ1) is 10.0. The maximum atomic E-state index is 6.41. The van der Waals surface area contributed by atoms with Gasteiger partial charge in [-0.1, -0.05) is 25.4 Å². The molecule has 2 heterocycles. The zero-order valence-electron chi connectivity index (χ0n) is 13.8. The molecule has 5 heteroatoms. The molecule has 0 amide bonds. The maximum absolute atomic E-state index is 6.41. The summed E-state index contributed by atoms with van der Waals surface area (Å²) in [6, 6.07) is 0.587. The molecule has 0 spiro atoms. The van der Waals surface area contributed by atoms with Crippen LogP contribution in [0.15, 0.2) is 0 Å². The normalized spacial score (nSPS) is 17.8. The monoisotopic (exact) mass is 312 g/mol. The van der Waals surface area contributed by atoms with Crippen LogP contribution in [0.1, 0.15) is 45.0 Å². The standard InChI is InChI=1S/C16H29ClN4/c1-5-21-15(16(17)13(4)19-21)11-20-8-6-14(7-9-20)10-18-12(2)3/h12,14,18H,5-11H2,1-4H3. The van der Waals surface area contributed by atoms with Gasteiger partial charge in [-0.15, -0.1) is 0 Å². The highest BCUT2D eigenvalue weighted by Crippen LogP contribution is 2.24. The third kappa shape index (κ3) is 4.44. The average Bonchev–Trinajstić information content (AvgIpc) is 2.74. The van der Waals surface area contributed by atoms with Gasteiger partial charge in [-0.25, -0.2) is 0 Å². The van der Waals surface area contributed by atoms with Crippen LogP contribution in [0.3, 0.4) is 0 Å². The number of nitrogens with one attached hydrogen (secondary N) is 1. The van der Waals surface area contributed by atoms with E-state index >= 15 is 0 Å². The first-order valence-electron chi connectivity index (χ1n) is 8.18. The van der Waals surface area contributed by atoms with Crippen LogP contribution in [0.25, 0.3) is 0 Å². The van der Waals surface area contributed by atoms with Crippen molar-refractivity contribution < 1.29 is 0 Å². The van der Waals surface area contributed by atoms with Gasteiger partial charge in [0.2, 0.25) is 0 Å². The molecule has 1 N–H and O–H groups in total. The van der Waals surface area contributed by atoms with Crippen LogP contribution in [0.4, 0.5) is 0 Å². The summed E-state index contributed by atoms with van der Waals surface area (Å²) in [5.74, 6) is 0.817. The topological polar surface area (TPSA) is 33.1 Å². The second kappa shape index (κ2) is 7.61. The predicted octanol–water partition coefficient (Wildman–Crippen LogP) is 3.07. The van der Waals surface area contributed by atoms with Crippen molar-refractivity contribution in [1.82, 2.24) is 20.0 Å². The molecular weight excluding hydrogens is 284 g/mol. The molecule has 0 atom stereocenters. The summed E-state index contributed by atoms with van der Waals surface area (Å²) < 4.78 is 2.05. The molecule has 0 bridgehead atoms. The lowest BCUT2D eigenvalue weighted by molar-refractivity contribution is 0.170. The number of aryl methyl sites for hydroxylation is 2. The zero-order valence-corrected chi connectivity index (χ0v) is 14.6. The molecule has 21 heavy (non-hydrogen) atoms. The van der Waals surface area contributed by atoms with Crippen LogP contribution >= 0.6 is 11.6 Å². The van der Waals surface area contributed by atoms with Crippen molar-refractivity contribution in [3.05, 3.63) is 16.4 Å². The van der Waals surface area contributed by atoms with Gasteiger partial charge in [-0.3, -0.25) is 9.58 Å². The van der Waals surface area contributed by atoms with E-state index in [2.05, 4.69) is 36.1 Å². The Hall–Kier alpha value is -0.580. The molecular formula is C16H29ClN4. The van der Waals surface area contributed by atoms with Gasteiger partial charge >= 0.3 is 0 Å². The number of rotatable bonds is 6. The van der Waals surface area contributed by atoms with Crippen molar-refractivity contribution >= 4 is 11.6 Å². The second-order valence-corrected chi connectivity index (χ2v) is 6.82. The third-order valence-electron chi connectivity index (χ3n) is 4.35. The molecule has 0 saturated carbocycles. The van der Waals surface area contributed by atoms with Crippen LogP contribution in [-0.2, 0) is 13.1 Å². The van der Waals surface area contributed by atoms with E-state index in [1.54, 1.807) is 0 Å². The molecule has 1 aromatic heterocycles. The largest absolute Gasteiger partial charge is 0.314 e. The van der Waals surface area contributed by atoms with Gasteiger partial charge in [-0.05, 0) is 52.2 Å². The molecule has 0 unspecified atom stereocenters. The molecule has 4 nitrogen and oxygen atoms in total. The fourth-order valence-electron chi connectivity index (χ4n) is 2.98. The number of aromatic nitrogens is 2. The van der Waals surface area contributed by atoms with Gasteiger partial charge in [-0.2, -0.15) is 5.10 Å². The minimum atomic E-state index is 0.587. The Kier molecular flexibility index (Phi) is 6.08. The maximum Gasteiger partial charge on any atom is 0.0860 e. The lowest BCUT2D eigenvalue weighted by atomic mass is 9.96. The van der Waals surface area contributed by atoms with Crippen molar-refractivity contribution in [3.63, 3.8) is 0 Å². The van der Waals surface area contributed by atoms with Crippen molar-refractivity contribution in [3.8, 4) is 0 Å². The van der Waals surface area contributed by atoms with Crippen LogP contribution < -0.4 is 5.32 Å². The summed E-state index contributed by atoms with van der Waals surface area (Å²) in [7, 11) is 0. The molecule has 1 saturated heterocycles. The zero-order chi connectivity index (χ0) is 15.4. The van der Waals surface area contributed by atoms with Crippen LogP contribution in [0.5, 0.6) is 0 Å². The summed E-state index contributed by atoms with van der Waals surface area (Å²) in [4.78, 5) is 2.51. The van der Waals surface area contributed by atoms with Gasteiger partial charge in [0.25, 0.3) is 0 Å². The summed E-state index contributed by atoms with van der Waals surface area (Å²) in [5, 5.41) is 8.91. The third-order valence-corrected chi connectivity index (χ3v) is 4.84. The lowest BCUT2D eigenvalue weighted by Gasteiger charge is -2.32. The minimum Gasteiger partial charge on any atom is -0.314 e. The highest BCUT2D eigenvalue weighted by molar-refractivity contribution is 6.31. The number of piperidine rings is 1. The fourth-order valence-corrected chi connectivity index (χ4v) is 3.18. The second-order valence-electron chi connectivity index (χ2n) is 6.44. The Morgan fingerprint density at radius 1 is 1.33 bits per heavy atom. The van der Waals surface area contributed by atoms with E-state index in [1.165, 1.54) is 18.5 Å². The number of hydrogen-bond donors (Lipinski definition) is 1. The van der Waals surface area contributed by atoms with E-state index < -0.39 is 0 Å². The molecule has 0 aliphatic carbocycles.